The summed E-state index contributed by atoms with van der Waals surface area (Å²) in [5.74, 6) is 0.0969. The van der Waals surface area contributed by atoms with Gasteiger partial charge in [-0.25, -0.2) is 19.6 Å². The molecule has 0 bridgehead atoms. The van der Waals surface area contributed by atoms with Crippen molar-refractivity contribution in [2.45, 2.75) is 13.1 Å². The van der Waals surface area contributed by atoms with E-state index in [9.17, 15) is 27.6 Å². The first kappa shape index (κ1) is 23.8. The molecule has 0 saturated carbocycles. The van der Waals surface area contributed by atoms with Crippen molar-refractivity contribution in [1.29, 1.82) is 0 Å². The summed E-state index contributed by atoms with van der Waals surface area (Å²) in [6.07, 6.45) is 0.811. The number of amides is 2. The average molecular weight is 503 g/mol. The van der Waals surface area contributed by atoms with Crippen LogP contribution in [0.5, 0.6) is 0 Å². The highest BCUT2D eigenvalue weighted by Crippen LogP contribution is 2.38. The van der Waals surface area contributed by atoms with Crippen molar-refractivity contribution in [3.8, 4) is 32.8 Å². The van der Waals surface area contributed by atoms with Crippen LogP contribution < -0.4 is 21.9 Å². The van der Waals surface area contributed by atoms with Gasteiger partial charge in [0.1, 0.15) is 10.8 Å². The molecule has 10 nitrogen and oxygen atoms in total. The molecule has 0 aliphatic carbocycles. The monoisotopic (exact) mass is 503 g/mol. The Kier molecular flexibility index (Phi) is 6.46. The quantitative estimate of drug-likeness (QED) is 0.328. The fourth-order valence-electron chi connectivity index (χ4n) is 3.14. The molecule has 0 spiro atoms. The Morgan fingerprint density at radius 2 is 1.83 bits per heavy atom. The number of alkyl halides is 3. The number of aromatic amines is 2. The van der Waals surface area contributed by atoms with Gasteiger partial charge in [-0.3, -0.25) is 20.1 Å². The Bertz CT molecular complexity index is 1510. The summed E-state index contributed by atoms with van der Waals surface area (Å²) in [4.78, 5) is 52.0. The first-order valence-corrected chi connectivity index (χ1v) is 10.9. The SMILES string of the molecule is CCNC(=O)Nc1cc(-c2nc(C(F)(F)F)cs2)c(-c2cncc(-c3c[nH]c(=O)[nH]c3=O)c2)cn1. The van der Waals surface area contributed by atoms with Crippen LogP contribution in [-0.4, -0.2) is 37.5 Å². The minimum atomic E-state index is -4.63. The van der Waals surface area contributed by atoms with E-state index in [0.717, 1.165) is 16.7 Å². The van der Waals surface area contributed by atoms with Crippen LogP contribution in [0.25, 0.3) is 32.8 Å². The van der Waals surface area contributed by atoms with Crippen LogP contribution in [0.4, 0.5) is 23.8 Å². The lowest BCUT2D eigenvalue weighted by Gasteiger charge is -2.12. The number of thiazole rings is 1. The fourth-order valence-corrected chi connectivity index (χ4v) is 3.99. The molecule has 4 rings (SSSR count). The zero-order valence-electron chi connectivity index (χ0n) is 17.9. The number of aromatic nitrogens is 5. The van der Waals surface area contributed by atoms with Gasteiger partial charge in [-0.15, -0.1) is 11.3 Å². The normalized spacial score (nSPS) is 11.3. The van der Waals surface area contributed by atoms with E-state index in [-0.39, 0.29) is 22.0 Å². The van der Waals surface area contributed by atoms with E-state index in [4.69, 9.17) is 0 Å². The van der Waals surface area contributed by atoms with Gasteiger partial charge in [0.15, 0.2) is 5.69 Å². The number of carbonyl (C=O) groups excluding carboxylic acids is 1. The van der Waals surface area contributed by atoms with E-state index < -0.39 is 29.2 Å². The number of nitrogens with one attached hydrogen (secondary N) is 4. The molecule has 4 aromatic rings. The van der Waals surface area contributed by atoms with Crippen molar-refractivity contribution in [3.63, 3.8) is 0 Å². The van der Waals surface area contributed by atoms with E-state index in [2.05, 4.69) is 35.6 Å². The number of pyridine rings is 2. The lowest BCUT2D eigenvalue weighted by Crippen LogP contribution is -2.28. The Morgan fingerprint density at radius 3 is 2.49 bits per heavy atom. The van der Waals surface area contributed by atoms with Crippen molar-refractivity contribution >= 4 is 23.2 Å². The average Bonchev–Trinajstić information content (AvgIpc) is 3.30. The molecule has 35 heavy (non-hydrogen) atoms. The molecule has 2 amide bonds. The number of H-pyrrole nitrogens is 2. The van der Waals surface area contributed by atoms with Crippen molar-refractivity contribution in [1.82, 2.24) is 30.2 Å². The van der Waals surface area contributed by atoms with Gasteiger partial charge < -0.3 is 10.3 Å². The molecule has 0 aliphatic rings. The molecule has 0 aromatic carbocycles. The van der Waals surface area contributed by atoms with Gasteiger partial charge in [0.25, 0.3) is 5.56 Å². The molecular weight excluding hydrogens is 487 g/mol. The van der Waals surface area contributed by atoms with E-state index in [0.29, 0.717) is 23.2 Å². The third-order valence-electron chi connectivity index (χ3n) is 4.69. The number of anilines is 1. The first-order chi connectivity index (χ1) is 16.7. The number of carbonyl (C=O) groups is 1. The Hall–Kier alpha value is -4.33. The van der Waals surface area contributed by atoms with E-state index in [1.807, 2.05) is 0 Å². The summed E-state index contributed by atoms with van der Waals surface area (Å²) >= 11 is 0.778. The first-order valence-electron chi connectivity index (χ1n) is 10.0. The van der Waals surface area contributed by atoms with E-state index in [1.54, 1.807) is 13.0 Å². The Morgan fingerprint density at radius 1 is 1.09 bits per heavy atom. The smallest absolute Gasteiger partial charge is 0.338 e. The summed E-state index contributed by atoms with van der Waals surface area (Å²) in [5, 5.41) is 5.99. The fraction of sp³-hybridized carbons (Fsp3) is 0.143. The van der Waals surface area contributed by atoms with E-state index in [1.165, 1.54) is 30.9 Å². The van der Waals surface area contributed by atoms with Crippen LogP contribution in [-0.2, 0) is 6.18 Å². The molecule has 0 saturated heterocycles. The number of urea groups is 1. The highest BCUT2D eigenvalue weighted by atomic mass is 32.1. The number of nitrogens with zero attached hydrogens (tertiary/aromatic N) is 3. The van der Waals surface area contributed by atoms with Crippen LogP contribution in [0.2, 0.25) is 0 Å². The summed E-state index contributed by atoms with van der Waals surface area (Å²) in [6, 6.07) is 2.45. The molecular formula is C21H16F3N7O3S. The summed E-state index contributed by atoms with van der Waals surface area (Å²) in [5.41, 5.74) is -0.821. The third-order valence-corrected chi connectivity index (χ3v) is 5.56. The second-order valence-corrected chi connectivity index (χ2v) is 7.94. The summed E-state index contributed by atoms with van der Waals surface area (Å²) in [6.45, 7) is 2.09. The van der Waals surface area contributed by atoms with Crippen molar-refractivity contribution in [2.24, 2.45) is 0 Å². The highest BCUT2D eigenvalue weighted by Gasteiger charge is 2.34. The van der Waals surface area contributed by atoms with Gasteiger partial charge in [-0.2, -0.15) is 13.2 Å². The number of hydrogen-bond donors (Lipinski definition) is 4. The molecule has 4 heterocycles. The lowest BCUT2D eigenvalue weighted by molar-refractivity contribution is -0.140. The molecule has 0 aliphatic heterocycles. The topological polar surface area (TPSA) is 146 Å². The summed E-state index contributed by atoms with van der Waals surface area (Å²) in [7, 11) is 0. The van der Waals surface area contributed by atoms with Crippen molar-refractivity contribution < 1.29 is 18.0 Å². The van der Waals surface area contributed by atoms with Crippen LogP contribution in [0.15, 0.2) is 51.9 Å². The third kappa shape index (κ3) is 5.27. The molecule has 0 unspecified atom stereocenters. The molecule has 180 valence electrons. The van der Waals surface area contributed by atoms with Crippen LogP contribution in [0, 0.1) is 0 Å². The number of hydrogen-bond acceptors (Lipinski definition) is 7. The zero-order chi connectivity index (χ0) is 25.2. The molecule has 14 heteroatoms. The molecule has 4 aromatic heterocycles. The maximum absolute atomic E-state index is 13.2. The van der Waals surface area contributed by atoms with Crippen LogP contribution in [0.1, 0.15) is 12.6 Å². The van der Waals surface area contributed by atoms with Gasteiger partial charge >= 0.3 is 17.9 Å². The zero-order valence-corrected chi connectivity index (χ0v) is 18.7. The maximum Gasteiger partial charge on any atom is 0.434 e. The molecule has 0 radical (unpaired) electrons. The number of halogens is 3. The van der Waals surface area contributed by atoms with Gasteiger partial charge in [0.05, 0.1) is 5.56 Å². The number of rotatable bonds is 5. The van der Waals surface area contributed by atoms with Crippen LogP contribution >= 0.6 is 11.3 Å². The standard InChI is InChI=1S/C21H16F3N7O3S/c1-2-26-19(33)30-16-4-12(18-29-15(9-35-18)21(22,23)24)13(7-27-16)10-3-11(6-25-5-10)14-8-28-20(34)31-17(14)32/h3-9H,2H2,1H3,(H2,26,27,30,33)(H2,28,31,32,34). The van der Waals surface area contributed by atoms with Crippen LogP contribution in [0.3, 0.4) is 0 Å². The van der Waals surface area contributed by atoms with Gasteiger partial charge in [-0.05, 0) is 19.1 Å². The van der Waals surface area contributed by atoms with Crippen molar-refractivity contribution in [3.05, 3.63) is 68.8 Å². The maximum atomic E-state index is 13.2. The van der Waals surface area contributed by atoms with Gasteiger partial charge in [0, 0.05) is 59.0 Å². The molecule has 0 atom stereocenters. The van der Waals surface area contributed by atoms with Gasteiger partial charge in [-0.1, -0.05) is 0 Å². The highest BCUT2D eigenvalue weighted by molar-refractivity contribution is 7.13. The summed E-state index contributed by atoms with van der Waals surface area (Å²) < 4.78 is 39.5. The predicted octanol–water partition coefficient (Wildman–Crippen LogP) is 3.47. The lowest BCUT2D eigenvalue weighted by atomic mass is 10.0. The van der Waals surface area contributed by atoms with E-state index >= 15 is 0 Å². The Balaban J connectivity index is 1.84. The molecule has 0 fully saturated rings. The minimum Gasteiger partial charge on any atom is -0.338 e. The Labute approximate surface area is 198 Å². The van der Waals surface area contributed by atoms with Crippen molar-refractivity contribution in [2.75, 3.05) is 11.9 Å². The largest absolute Gasteiger partial charge is 0.434 e. The second-order valence-electron chi connectivity index (χ2n) is 7.08. The minimum absolute atomic E-state index is 0.0426. The predicted molar refractivity (Wildman–Crippen MR) is 123 cm³/mol. The second kappa shape index (κ2) is 9.50. The van der Waals surface area contributed by atoms with Gasteiger partial charge in [0.2, 0.25) is 0 Å². The molecule has 4 N–H and O–H groups in total.